The number of rotatable bonds is 4. The topological polar surface area (TPSA) is 107 Å². The number of methoxy groups -OCH3 is 1. The van der Waals surface area contributed by atoms with Crippen molar-refractivity contribution in [2.24, 2.45) is 5.14 Å². The molecule has 0 amide bonds. The van der Waals surface area contributed by atoms with Crippen LogP contribution in [0.15, 0.2) is 47.5 Å². The van der Waals surface area contributed by atoms with Crippen LogP contribution in [0.3, 0.4) is 0 Å². The average Bonchev–Trinajstić information content (AvgIpc) is 2.54. The molecule has 0 saturated heterocycles. The first kappa shape index (κ1) is 16.2. The fourth-order valence-corrected chi connectivity index (χ4v) is 2.84. The summed E-state index contributed by atoms with van der Waals surface area (Å²) in [4.78, 5) is 8.78. The van der Waals surface area contributed by atoms with Crippen molar-refractivity contribution in [2.75, 3.05) is 12.4 Å². The van der Waals surface area contributed by atoms with Gasteiger partial charge in [-0.25, -0.2) is 23.5 Å². The zero-order chi connectivity index (χ0) is 17.3. The Morgan fingerprint density at radius 2 is 1.88 bits per heavy atom. The Labute approximate surface area is 139 Å². The van der Waals surface area contributed by atoms with Crippen molar-refractivity contribution in [3.05, 3.63) is 48.2 Å². The van der Waals surface area contributed by atoms with Crippen LogP contribution in [0.4, 0.5) is 11.6 Å². The highest BCUT2D eigenvalue weighted by atomic mass is 32.2. The van der Waals surface area contributed by atoms with Crippen LogP contribution in [0.25, 0.3) is 10.9 Å². The molecule has 0 spiro atoms. The van der Waals surface area contributed by atoms with Crippen molar-refractivity contribution in [3.63, 3.8) is 0 Å². The monoisotopic (exact) mass is 344 g/mol. The van der Waals surface area contributed by atoms with E-state index in [0.717, 1.165) is 10.9 Å². The summed E-state index contributed by atoms with van der Waals surface area (Å²) in [6, 6.07) is 9.91. The van der Waals surface area contributed by atoms with Crippen molar-refractivity contribution in [2.45, 2.75) is 11.8 Å². The predicted molar refractivity (Wildman–Crippen MR) is 91.9 cm³/mol. The third kappa shape index (κ3) is 3.29. The Bertz CT molecular complexity index is 1000. The van der Waals surface area contributed by atoms with E-state index in [9.17, 15) is 8.42 Å². The van der Waals surface area contributed by atoms with Crippen LogP contribution in [0, 0.1) is 6.92 Å². The fourth-order valence-electron chi connectivity index (χ4n) is 2.33. The molecule has 0 atom stereocenters. The summed E-state index contributed by atoms with van der Waals surface area (Å²) in [7, 11) is -2.12. The van der Waals surface area contributed by atoms with E-state index in [1.165, 1.54) is 12.1 Å². The minimum absolute atomic E-state index is 0.0459. The highest BCUT2D eigenvalue weighted by Gasteiger charge is 2.09. The Hall–Kier alpha value is -2.71. The molecule has 124 valence electrons. The minimum Gasteiger partial charge on any atom is -0.494 e. The first-order valence-corrected chi connectivity index (χ1v) is 8.63. The summed E-state index contributed by atoms with van der Waals surface area (Å²) in [5, 5.41) is 8.98. The Morgan fingerprint density at radius 1 is 1.17 bits per heavy atom. The van der Waals surface area contributed by atoms with Crippen LogP contribution in [-0.2, 0) is 10.0 Å². The number of fused-ring (bicyclic) bond motifs is 1. The summed E-state index contributed by atoms with van der Waals surface area (Å²) >= 11 is 0. The van der Waals surface area contributed by atoms with E-state index in [4.69, 9.17) is 9.88 Å². The average molecular weight is 344 g/mol. The Balaban J connectivity index is 1.94. The number of sulfonamides is 1. The van der Waals surface area contributed by atoms with Gasteiger partial charge in [-0.05, 0) is 48.9 Å². The van der Waals surface area contributed by atoms with E-state index in [-0.39, 0.29) is 4.90 Å². The van der Waals surface area contributed by atoms with Gasteiger partial charge in [-0.15, -0.1) is 0 Å². The first-order valence-electron chi connectivity index (χ1n) is 7.08. The third-order valence-electron chi connectivity index (χ3n) is 3.45. The van der Waals surface area contributed by atoms with Gasteiger partial charge in [0.05, 0.1) is 12.0 Å². The van der Waals surface area contributed by atoms with E-state index >= 15 is 0 Å². The van der Waals surface area contributed by atoms with Gasteiger partial charge in [-0.1, -0.05) is 0 Å². The predicted octanol–water partition coefficient (Wildman–Crippen LogP) is 2.34. The summed E-state index contributed by atoms with van der Waals surface area (Å²) in [6.07, 6.45) is 1.71. The number of aryl methyl sites for hydroxylation is 1. The zero-order valence-corrected chi connectivity index (χ0v) is 14.0. The van der Waals surface area contributed by atoms with Crippen LogP contribution < -0.4 is 15.2 Å². The highest BCUT2D eigenvalue weighted by molar-refractivity contribution is 7.89. The Morgan fingerprint density at radius 3 is 2.50 bits per heavy atom. The highest BCUT2D eigenvalue weighted by Crippen LogP contribution is 2.26. The SMILES string of the molecule is COc1cc(C)cc2cnc(Nc3ccc(S(N)(=O)=O)cc3)nc12. The van der Waals surface area contributed by atoms with Crippen LogP contribution >= 0.6 is 0 Å². The van der Waals surface area contributed by atoms with Gasteiger partial charge in [-0.2, -0.15) is 0 Å². The number of aromatic nitrogens is 2. The number of hydrogen-bond acceptors (Lipinski definition) is 6. The number of anilines is 2. The van der Waals surface area contributed by atoms with Crippen LogP contribution in [-0.4, -0.2) is 25.5 Å². The lowest BCUT2D eigenvalue weighted by Gasteiger charge is -2.09. The van der Waals surface area contributed by atoms with E-state index in [1.807, 2.05) is 19.1 Å². The molecule has 0 saturated carbocycles. The first-order chi connectivity index (χ1) is 11.4. The summed E-state index contributed by atoms with van der Waals surface area (Å²) in [6.45, 7) is 1.97. The lowest BCUT2D eigenvalue weighted by molar-refractivity contribution is 0.418. The van der Waals surface area contributed by atoms with Crippen molar-refractivity contribution >= 4 is 32.6 Å². The normalized spacial score (nSPS) is 11.5. The third-order valence-corrected chi connectivity index (χ3v) is 4.38. The smallest absolute Gasteiger partial charge is 0.238 e. The van der Waals surface area contributed by atoms with Gasteiger partial charge < -0.3 is 10.1 Å². The maximum atomic E-state index is 11.3. The standard InChI is InChI=1S/C16H16N4O3S/c1-10-7-11-9-18-16(20-15(11)14(8-10)23-2)19-12-3-5-13(6-4-12)24(17,21)22/h3-9H,1-2H3,(H2,17,21,22)(H,18,19,20). The molecular formula is C16H16N4O3S. The van der Waals surface area contributed by atoms with Gasteiger partial charge in [-0.3, -0.25) is 0 Å². The minimum atomic E-state index is -3.71. The largest absolute Gasteiger partial charge is 0.494 e. The molecule has 0 bridgehead atoms. The molecule has 3 N–H and O–H groups in total. The van der Waals surface area contributed by atoms with E-state index in [1.54, 1.807) is 25.4 Å². The molecule has 0 unspecified atom stereocenters. The number of primary sulfonamides is 1. The van der Waals surface area contributed by atoms with Gasteiger partial charge >= 0.3 is 0 Å². The lowest BCUT2D eigenvalue weighted by Crippen LogP contribution is -2.11. The van der Waals surface area contributed by atoms with Crippen molar-refractivity contribution < 1.29 is 13.2 Å². The maximum absolute atomic E-state index is 11.3. The quantitative estimate of drug-likeness (QED) is 0.752. The molecule has 1 aromatic heterocycles. The summed E-state index contributed by atoms with van der Waals surface area (Å²) in [5.41, 5.74) is 2.40. The van der Waals surface area contributed by atoms with Gasteiger partial charge in [0, 0.05) is 17.3 Å². The number of nitrogens with two attached hydrogens (primary N) is 1. The zero-order valence-electron chi connectivity index (χ0n) is 13.1. The van der Waals surface area contributed by atoms with Crippen LogP contribution in [0.5, 0.6) is 5.75 Å². The van der Waals surface area contributed by atoms with Gasteiger partial charge in [0.15, 0.2) is 0 Å². The second-order valence-corrected chi connectivity index (χ2v) is 6.85. The van der Waals surface area contributed by atoms with Gasteiger partial charge in [0.1, 0.15) is 11.3 Å². The fraction of sp³-hybridized carbons (Fsp3) is 0.125. The molecule has 0 fully saturated rings. The maximum Gasteiger partial charge on any atom is 0.238 e. The number of benzene rings is 2. The second-order valence-electron chi connectivity index (χ2n) is 5.29. The molecule has 3 aromatic rings. The van der Waals surface area contributed by atoms with Crippen molar-refractivity contribution in [1.29, 1.82) is 0 Å². The molecule has 0 radical (unpaired) electrons. The number of nitrogens with zero attached hydrogens (tertiary/aromatic N) is 2. The van der Waals surface area contributed by atoms with E-state index in [2.05, 4.69) is 15.3 Å². The molecule has 0 aliphatic carbocycles. The van der Waals surface area contributed by atoms with Crippen molar-refractivity contribution in [1.82, 2.24) is 9.97 Å². The van der Waals surface area contributed by atoms with Crippen LogP contribution in [0.1, 0.15) is 5.56 Å². The molecule has 3 rings (SSSR count). The van der Waals surface area contributed by atoms with Crippen molar-refractivity contribution in [3.8, 4) is 5.75 Å². The number of nitrogens with one attached hydrogen (secondary N) is 1. The van der Waals surface area contributed by atoms with E-state index in [0.29, 0.717) is 22.9 Å². The molecular weight excluding hydrogens is 328 g/mol. The lowest BCUT2D eigenvalue weighted by atomic mass is 10.1. The molecule has 7 nitrogen and oxygen atoms in total. The van der Waals surface area contributed by atoms with Gasteiger partial charge in [0.2, 0.25) is 16.0 Å². The summed E-state index contributed by atoms with van der Waals surface area (Å²) < 4.78 is 27.9. The molecule has 0 aliphatic rings. The molecule has 2 aromatic carbocycles. The molecule has 0 aliphatic heterocycles. The number of ether oxygens (including phenoxy) is 1. The Kier molecular flexibility index (Phi) is 4.08. The second kappa shape index (κ2) is 6.06. The molecule has 8 heteroatoms. The van der Waals surface area contributed by atoms with Crippen LogP contribution in [0.2, 0.25) is 0 Å². The summed E-state index contributed by atoms with van der Waals surface area (Å²) in [5.74, 6) is 1.05. The molecule has 1 heterocycles. The van der Waals surface area contributed by atoms with E-state index < -0.39 is 10.0 Å². The van der Waals surface area contributed by atoms with Gasteiger partial charge in [0.25, 0.3) is 0 Å². The number of hydrogen-bond donors (Lipinski definition) is 2. The molecule has 24 heavy (non-hydrogen) atoms.